The van der Waals surface area contributed by atoms with E-state index in [0.717, 1.165) is 108 Å². The number of aryl methyl sites for hydroxylation is 1. The minimum atomic E-state index is 0.727. The third-order valence-corrected chi connectivity index (χ3v) is 11.9. The van der Waals surface area contributed by atoms with Crippen molar-refractivity contribution in [3.05, 3.63) is 255 Å². The van der Waals surface area contributed by atoms with Gasteiger partial charge in [-0.1, -0.05) is 97.1 Å². The molecular formula is C62H47N3O4. The predicted molar refractivity (Wildman–Crippen MR) is 281 cm³/mol. The number of fused-ring (bicyclic) bond motifs is 3. The predicted octanol–water partition coefficient (Wildman–Crippen LogP) is 17.9. The molecule has 0 aliphatic heterocycles. The van der Waals surface area contributed by atoms with Crippen LogP contribution in [0.25, 0.3) is 21.8 Å². The first-order chi connectivity index (χ1) is 34.1. The monoisotopic (exact) mass is 897 g/mol. The number of nitrogens with zero attached hydrogens (tertiary/aromatic N) is 3. The Labute approximate surface area is 401 Å². The normalized spacial score (nSPS) is 11.0. The third-order valence-electron chi connectivity index (χ3n) is 11.9. The highest BCUT2D eigenvalue weighted by Gasteiger charge is 2.21. The molecule has 1 aromatic heterocycles. The molecule has 0 spiro atoms. The third kappa shape index (κ3) is 9.30. The van der Waals surface area contributed by atoms with Crippen molar-refractivity contribution in [3.8, 4) is 46.0 Å². The van der Waals surface area contributed by atoms with Gasteiger partial charge < -0.3 is 33.3 Å². The summed E-state index contributed by atoms with van der Waals surface area (Å²) in [6.07, 6.45) is 0. The van der Waals surface area contributed by atoms with Crippen molar-refractivity contribution in [1.82, 2.24) is 4.57 Å². The number of benzene rings is 10. The average molecular weight is 898 g/mol. The van der Waals surface area contributed by atoms with Crippen LogP contribution in [0, 0.1) is 0 Å². The van der Waals surface area contributed by atoms with Crippen molar-refractivity contribution in [2.45, 2.75) is 13.5 Å². The molecule has 0 amide bonds. The van der Waals surface area contributed by atoms with Crippen molar-refractivity contribution in [2.24, 2.45) is 0 Å². The van der Waals surface area contributed by atoms with Gasteiger partial charge in [-0.05, 0) is 140 Å². The van der Waals surface area contributed by atoms with Crippen LogP contribution in [0.15, 0.2) is 255 Å². The van der Waals surface area contributed by atoms with Gasteiger partial charge in [-0.2, -0.15) is 0 Å². The van der Waals surface area contributed by atoms with Crippen LogP contribution in [0.3, 0.4) is 0 Å². The van der Waals surface area contributed by atoms with Crippen LogP contribution < -0.4 is 28.7 Å². The Kier molecular flexibility index (Phi) is 11.9. The second-order valence-corrected chi connectivity index (χ2v) is 16.5. The van der Waals surface area contributed by atoms with Crippen LogP contribution in [0.1, 0.15) is 6.92 Å². The summed E-state index contributed by atoms with van der Waals surface area (Å²) in [6.45, 7) is 2.99. The maximum absolute atomic E-state index is 6.40. The first-order valence-corrected chi connectivity index (χ1v) is 23.1. The van der Waals surface area contributed by atoms with E-state index in [9.17, 15) is 0 Å². The van der Waals surface area contributed by atoms with Gasteiger partial charge in [0.1, 0.15) is 46.0 Å². The number of rotatable bonds is 15. The Hall–Kier alpha value is -9.20. The average Bonchev–Trinajstić information content (AvgIpc) is 3.70. The van der Waals surface area contributed by atoms with Gasteiger partial charge in [0.15, 0.2) is 0 Å². The lowest BCUT2D eigenvalue weighted by Crippen LogP contribution is -2.10. The van der Waals surface area contributed by atoms with E-state index >= 15 is 0 Å². The zero-order chi connectivity index (χ0) is 46.4. The fourth-order valence-electron chi connectivity index (χ4n) is 8.84. The smallest absolute Gasteiger partial charge is 0.129 e. The Morgan fingerprint density at radius 3 is 0.812 bits per heavy atom. The summed E-state index contributed by atoms with van der Waals surface area (Å²) < 4.78 is 28.0. The minimum Gasteiger partial charge on any atom is -0.457 e. The molecule has 0 aliphatic rings. The van der Waals surface area contributed by atoms with Gasteiger partial charge in [0.2, 0.25) is 0 Å². The second kappa shape index (κ2) is 19.3. The van der Waals surface area contributed by atoms with Crippen LogP contribution in [0.5, 0.6) is 46.0 Å². The van der Waals surface area contributed by atoms with Crippen LogP contribution >= 0.6 is 0 Å². The molecule has 0 radical (unpaired) electrons. The largest absolute Gasteiger partial charge is 0.457 e. The van der Waals surface area contributed by atoms with Crippen LogP contribution in [0.4, 0.5) is 34.1 Å². The molecule has 0 saturated carbocycles. The van der Waals surface area contributed by atoms with E-state index in [0.29, 0.717) is 0 Å². The lowest BCUT2D eigenvalue weighted by atomic mass is 10.1. The van der Waals surface area contributed by atoms with Crippen LogP contribution in [-0.4, -0.2) is 4.57 Å². The molecule has 7 heteroatoms. The first kappa shape index (κ1) is 42.4. The van der Waals surface area contributed by atoms with Crippen molar-refractivity contribution in [2.75, 3.05) is 9.80 Å². The molecule has 0 aliphatic carbocycles. The fraction of sp³-hybridized carbons (Fsp3) is 0.0323. The summed E-state index contributed by atoms with van der Waals surface area (Å²) in [4.78, 5) is 4.52. The zero-order valence-electron chi connectivity index (χ0n) is 37.9. The van der Waals surface area contributed by atoms with Gasteiger partial charge in [0, 0.05) is 86.7 Å². The summed E-state index contributed by atoms with van der Waals surface area (Å²) in [6, 6.07) is 85.8. The van der Waals surface area contributed by atoms with Crippen LogP contribution in [-0.2, 0) is 6.54 Å². The molecule has 334 valence electrons. The molecule has 69 heavy (non-hydrogen) atoms. The summed E-state index contributed by atoms with van der Waals surface area (Å²) in [7, 11) is 0. The maximum atomic E-state index is 6.40. The van der Waals surface area contributed by atoms with Crippen molar-refractivity contribution in [1.29, 1.82) is 0 Å². The Morgan fingerprint density at radius 1 is 0.275 bits per heavy atom. The highest BCUT2D eigenvalue weighted by molar-refractivity contribution is 6.11. The topological polar surface area (TPSA) is 48.3 Å². The molecule has 10 aromatic carbocycles. The molecule has 0 N–H and O–H groups in total. The second-order valence-electron chi connectivity index (χ2n) is 16.5. The maximum Gasteiger partial charge on any atom is 0.129 e. The van der Waals surface area contributed by atoms with Gasteiger partial charge >= 0.3 is 0 Å². The highest BCUT2D eigenvalue weighted by Crippen LogP contribution is 2.44. The standard InChI is InChI=1S/C62H47N3O4/c1-2-63-61-37-35-49(64(45-19-15-31-55(39-45)66-51-23-7-3-8-24-51)46-20-16-32-56(40-46)67-52-25-9-4-10-26-52)43-59(61)60-44-50(36-38-62(60)63)65(47-21-17-33-57(41-47)68-53-27-11-5-12-28-53)48-22-18-34-58(42-48)69-54-29-13-6-14-30-54/h3-44H,2H2,1H3. The lowest BCUT2D eigenvalue weighted by Gasteiger charge is -2.27. The van der Waals surface area contributed by atoms with Gasteiger partial charge in [-0.3, -0.25) is 0 Å². The summed E-state index contributed by atoms with van der Waals surface area (Å²) >= 11 is 0. The van der Waals surface area contributed by atoms with E-state index in [-0.39, 0.29) is 0 Å². The molecule has 0 unspecified atom stereocenters. The number of ether oxygens (including phenoxy) is 4. The van der Waals surface area contributed by atoms with E-state index in [4.69, 9.17) is 18.9 Å². The van der Waals surface area contributed by atoms with Gasteiger partial charge in [-0.25, -0.2) is 0 Å². The minimum absolute atomic E-state index is 0.727. The summed E-state index contributed by atoms with van der Waals surface area (Å²) in [5, 5.41) is 2.23. The molecule has 0 saturated heterocycles. The van der Waals surface area contributed by atoms with E-state index < -0.39 is 0 Å². The van der Waals surface area contributed by atoms with E-state index in [1.54, 1.807) is 0 Å². The van der Waals surface area contributed by atoms with E-state index in [2.05, 4.69) is 106 Å². The molecule has 0 fully saturated rings. The molecule has 11 rings (SSSR count). The number of hydrogen-bond donors (Lipinski definition) is 0. The summed E-state index contributed by atoms with van der Waals surface area (Å²) in [5.74, 6) is 5.98. The van der Waals surface area contributed by atoms with Crippen molar-refractivity contribution in [3.63, 3.8) is 0 Å². The molecule has 0 bridgehead atoms. The molecule has 11 aromatic rings. The number of anilines is 6. The first-order valence-electron chi connectivity index (χ1n) is 23.1. The van der Waals surface area contributed by atoms with Crippen molar-refractivity contribution < 1.29 is 18.9 Å². The molecule has 0 atom stereocenters. The van der Waals surface area contributed by atoms with Gasteiger partial charge in [0.25, 0.3) is 0 Å². The summed E-state index contributed by atoms with van der Waals surface area (Å²) in [5.41, 5.74) is 7.96. The Balaban J connectivity index is 1.05. The van der Waals surface area contributed by atoms with Crippen molar-refractivity contribution >= 4 is 55.9 Å². The molecule has 1 heterocycles. The number of hydrogen-bond acceptors (Lipinski definition) is 6. The SMILES string of the molecule is CCn1c2ccc(N(c3cccc(Oc4ccccc4)c3)c3cccc(Oc4ccccc4)c3)cc2c2cc(N(c3cccc(Oc4ccccc4)c3)c3cccc(Oc4ccccc4)c3)ccc21. The van der Waals surface area contributed by atoms with Crippen LogP contribution in [0.2, 0.25) is 0 Å². The highest BCUT2D eigenvalue weighted by atomic mass is 16.5. The van der Waals surface area contributed by atoms with E-state index in [1.807, 2.05) is 170 Å². The Bertz CT molecular complexity index is 3110. The zero-order valence-corrected chi connectivity index (χ0v) is 37.9. The number of aromatic nitrogens is 1. The fourth-order valence-corrected chi connectivity index (χ4v) is 8.84. The lowest BCUT2D eigenvalue weighted by molar-refractivity contribution is 0.482. The van der Waals surface area contributed by atoms with Gasteiger partial charge in [0.05, 0.1) is 0 Å². The Morgan fingerprint density at radius 2 is 0.536 bits per heavy atom. The number of para-hydroxylation sites is 4. The van der Waals surface area contributed by atoms with Gasteiger partial charge in [-0.15, -0.1) is 0 Å². The quantitative estimate of drug-likeness (QED) is 0.102. The molecule has 7 nitrogen and oxygen atoms in total. The van der Waals surface area contributed by atoms with E-state index in [1.165, 1.54) is 0 Å². The molecular weight excluding hydrogens is 851 g/mol.